The number of amides is 2. The lowest BCUT2D eigenvalue weighted by Gasteiger charge is -2.24. The number of rotatable bonds is 9. The smallest absolute Gasteiger partial charge is 0.244 e. The fourth-order valence-corrected chi connectivity index (χ4v) is 3.64. The Labute approximate surface area is 204 Å². The number of benzene rings is 2. The van der Waals surface area contributed by atoms with E-state index in [2.05, 4.69) is 10.4 Å². The summed E-state index contributed by atoms with van der Waals surface area (Å²) in [5.74, 6) is 1.19. The maximum atomic E-state index is 12.9. The predicted octanol–water partition coefficient (Wildman–Crippen LogP) is 2.91. The predicted molar refractivity (Wildman–Crippen MR) is 130 cm³/mol. The Balaban J connectivity index is 1.24. The average Bonchev–Trinajstić information content (AvgIpc) is 3.15. The average molecular weight is 479 g/mol. The van der Waals surface area contributed by atoms with Gasteiger partial charge in [-0.15, -0.1) is 0 Å². The SMILES string of the molecule is Cc1ccc(OC2COCCN(C(=O)Cn3cc(NC(=O)CCOc4ccccc4)cn3)C2)cc1. The highest BCUT2D eigenvalue weighted by Gasteiger charge is 2.24. The van der Waals surface area contributed by atoms with Gasteiger partial charge in [-0.1, -0.05) is 35.9 Å². The minimum absolute atomic E-state index is 0.0598. The quantitative estimate of drug-likeness (QED) is 0.508. The van der Waals surface area contributed by atoms with Crippen molar-refractivity contribution in [1.82, 2.24) is 14.7 Å². The largest absolute Gasteiger partial charge is 0.493 e. The normalized spacial score (nSPS) is 15.8. The first-order valence-electron chi connectivity index (χ1n) is 11.6. The fraction of sp³-hybridized carbons (Fsp3) is 0.346. The topological polar surface area (TPSA) is 94.9 Å². The van der Waals surface area contributed by atoms with Crippen molar-refractivity contribution in [3.8, 4) is 11.5 Å². The van der Waals surface area contributed by atoms with Gasteiger partial charge in [0, 0.05) is 12.7 Å². The van der Waals surface area contributed by atoms with E-state index in [1.54, 1.807) is 11.1 Å². The third kappa shape index (κ3) is 7.58. The zero-order chi connectivity index (χ0) is 24.5. The van der Waals surface area contributed by atoms with Gasteiger partial charge in [-0.3, -0.25) is 14.3 Å². The van der Waals surface area contributed by atoms with Crippen molar-refractivity contribution < 1.29 is 23.8 Å². The van der Waals surface area contributed by atoms with E-state index in [0.717, 1.165) is 17.1 Å². The minimum atomic E-state index is -0.255. The maximum absolute atomic E-state index is 12.9. The van der Waals surface area contributed by atoms with E-state index in [1.165, 1.54) is 10.9 Å². The molecule has 0 radical (unpaired) electrons. The van der Waals surface area contributed by atoms with Crippen LogP contribution in [0.2, 0.25) is 0 Å². The Hall–Kier alpha value is -3.85. The van der Waals surface area contributed by atoms with Crippen molar-refractivity contribution in [3.63, 3.8) is 0 Å². The van der Waals surface area contributed by atoms with Crippen LogP contribution in [0.15, 0.2) is 67.0 Å². The van der Waals surface area contributed by atoms with Crippen LogP contribution >= 0.6 is 0 Å². The van der Waals surface area contributed by atoms with E-state index in [-0.39, 0.29) is 37.5 Å². The number of nitrogens with zero attached hydrogens (tertiary/aromatic N) is 3. The molecule has 0 bridgehead atoms. The van der Waals surface area contributed by atoms with Gasteiger partial charge < -0.3 is 24.4 Å². The molecule has 2 heterocycles. The van der Waals surface area contributed by atoms with Crippen LogP contribution in [0.1, 0.15) is 12.0 Å². The Bertz CT molecular complexity index is 1100. The van der Waals surface area contributed by atoms with Gasteiger partial charge in [-0.25, -0.2) is 0 Å². The van der Waals surface area contributed by atoms with E-state index in [1.807, 2.05) is 61.5 Å². The summed E-state index contributed by atoms with van der Waals surface area (Å²) in [6.07, 6.45) is 3.12. The molecule has 0 spiro atoms. The first kappa shape index (κ1) is 24.3. The summed E-state index contributed by atoms with van der Waals surface area (Å²) in [5.41, 5.74) is 1.68. The monoisotopic (exact) mass is 478 g/mol. The lowest BCUT2D eigenvalue weighted by Crippen LogP contribution is -2.41. The summed E-state index contributed by atoms with van der Waals surface area (Å²) in [6, 6.07) is 17.1. The molecule has 1 atom stereocenters. The third-order valence-corrected chi connectivity index (χ3v) is 5.47. The fourth-order valence-electron chi connectivity index (χ4n) is 3.64. The van der Waals surface area contributed by atoms with Crippen LogP contribution < -0.4 is 14.8 Å². The van der Waals surface area contributed by atoms with E-state index in [0.29, 0.717) is 32.0 Å². The Morgan fingerprint density at radius 2 is 1.91 bits per heavy atom. The van der Waals surface area contributed by atoms with Crippen molar-refractivity contribution in [2.75, 3.05) is 38.2 Å². The molecule has 1 saturated heterocycles. The summed E-state index contributed by atoms with van der Waals surface area (Å²) in [4.78, 5) is 26.8. The molecule has 184 valence electrons. The highest BCUT2D eigenvalue weighted by molar-refractivity contribution is 5.90. The molecule has 9 nitrogen and oxygen atoms in total. The number of hydrogen-bond donors (Lipinski definition) is 1. The van der Waals surface area contributed by atoms with Crippen LogP contribution in [-0.2, 0) is 20.9 Å². The number of nitrogens with one attached hydrogen (secondary N) is 1. The van der Waals surface area contributed by atoms with Gasteiger partial charge in [-0.2, -0.15) is 5.10 Å². The first-order chi connectivity index (χ1) is 17.0. The Kier molecular flexibility index (Phi) is 8.34. The first-order valence-corrected chi connectivity index (χ1v) is 11.6. The molecule has 0 saturated carbocycles. The summed E-state index contributed by atoms with van der Waals surface area (Å²) in [5, 5.41) is 6.99. The van der Waals surface area contributed by atoms with Gasteiger partial charge in [0.1, 0.15) is 24.1 Å². The number of hydrogen-bond acceptors (Lipinski definition) is 6. The van der Waals surface area contributed by atoms with Crippen LogP contribution in [0.25, 0.3) is 0 Å². The molecule has 1 aliphatic rings. The van der Waals surface area contributed by atoms with Crippen molar-refractivity contribution in [2.24, 2.45) is 0 Å². The third-order valence-electron chi connectivity index (χ3n) is 5.47. The summed E-state index contributed by atoms with van der Waals surface area (Å²) in [7, 11) is 0. The van der Waals surface area contributed by atoms with Crippen molar-refractivity contribution in [3.05, 3.63) is 72.6 Å². The summed E-state index contributed by atoms with van der Waals surface area (Å²) in [6.45, 7) is 4.13. The van der Waals surface area contributed by atoms with Gasteiger partial charge in [0.15, 0.2) is 0 Å². The van der Waals surface area contributed by atoms with Gasteiger partial charge in [0.05, 0.1) is 44.7 Å². The number of aryl methyl sites for hydroxylation is 1. The Morgan fingerprint density at radius 1 is 1.11 bits per heavy atom. The highest BCUT2D eigenvalue weighted by atomic mass is 16.5. The van der Waals surface area contributed by atoms with Crippen molar-refractivity contribution in [1.29, 1.82) is 0 Å². The lowest BCUT2D eigenvalue weighted by molar-refractivity contribution is -0.132. The van der Waals surface area contributed by atoms with Crippen LogP contribution in [0, 0.1) is 6.92 Å². The zero-order valence-electron chi connectivity index (χ0n) is 19.8. The molecule has 1 aliphatic heterocycles. The second-order valence-electron chi connectivity index (χ2n) is 8.35. The number of anilines is 1. The van der Waals surface area contributed by atoms with Crippen molar-refractivity contribution >= 4 is 17.5 Å². The second kappa shape index (κ2) is 12.0. The number of carbonyl (C=O) groups excluding carboxylic acids is 2. The second-order valence-corrected chi connectivity index (χ2v) is 8.35. The number of carbonyl (C=O) groups is 2. The van der Waals surface area contributed by atoms with Gasteiger partial charge in [0.25, 0.3) is 0 Å². The van der Waals surface area contributed by atoms with Gasteiger partial charge in [-0.05, 0) is 31.2 Å². The molecule has 2 aromatic carbocycles. The molecule has 0 aliphatic carbocycles. The number of para-hydroxylation sites is 1. The molecule has 1 aromatic heterocycles. The number of ether oxygens (including phenoxy) is 3. The molecular weight excluding hydrogens is 448 g/mol. The lowest BCUT2D eigenvalue weighted by atomic mass is 10.2. The number of aromatic nitrogens is 2. The van der Waals surface area contributed by atoms with Crippen molar-refractivity contribution in [2.45, 2.75) is 26.0 Å². The highest BCUT2D eigenvalue weighted by Crippen LogP contribution is 2.16. The van der Waals surface area contributed by atoms with E-state index >= 15 is 0 Å². The van der Waals surface area contributed by atoms with E-state index in [9.17, 15) is 9.59 Å². The van der Waals surface area contributed by atoms with E-state index < -0.39 is 0 Å². The van der Waals surface area contributed by atoms with Gasteiger partial charge in [0.2, 0.25) is 11.8 Å². The van der Waals surface area contributed by atoms with Crippen LogP contribution in [-0.4, -0.2) is 65.5 Å². The van der Waals surface area contributed by atoms with Crippen LogP contribution in [0.4, 0.5) is 5.69 Å². The molecule has 1 fully saturated rings. The summed E-state index contributed by atoms with van der Waals surface area (Å²) < 4.78 is 18.7. The molecular formula is C26H30N4O5. The molecule has 1 unspecified atom stereocenters. The molecule has 3 aromatic rings. The summed E-state index contributed by atoms with van der Waals surface area (Å²) >= 11 is 0. The van der Waals surface area contributed by atoms with Crippen LogP contribution in [0.3, 0.4) is 0 Å². The van der Waals surface area contributed by atoms with E-state index in [4.69, 9.17) is 14.2 Å². The van der Waals surface area contributed by atoms with Gasteiger partial charge >= 0.3 is 0 Å². The molecule has 35 heavy (non-hydrogen) atoms. The molecule has 4 rings (SSSR count). The van der Waals surface area contributed by atoms with Crippen LogP contribution in [0.5, 0.6) is 11.5 Å². The molecule has 9 heteroatoms. The molecule has 1 N–H and O–H groups in total. The zero-order valence-corrected chi connectivity index (χ0v) is 19.8. The standard InChI is InChI=1S/C26H30N4O5/c1-20-7-9-23(10-8-20)35-24-17-29(12-14-33-19-24)26(32)18-30-16-21(15-27-30)28-25(31)11-13-34-22-5-3-2-4-6-22/h2-10,15-16,24H,11-14,17-19H2,1H3,(H,28,31). The molecule has 2 amide bonds. The maximum Gasteiger partial charge on any atom is 0.244 e. The minimum Gasteiger partial charge on any atom is -0.493 e. The Morgan fingerprint density at radius 3 is 2.71 bits per heavy atom.